The maximum Gasteiger partial charge on any atom is 0.128 e. The molecular weight excluding hydrogens is 622 g/mol. The van der Waals surface area contributed by atoms with Crippen molar-refractivity contribution in [3.63, 3.8) is 0 Å². The molecule has 0 amide bonds. The predicted octanol–water partition coefficient (Wildman–Crippen LogP) is 2.51. The standard InChI is InChI=1S/C38H57N5O6/c1-28-17-31(21-39-35(46)26-44)37(48)33(19-28)24-42-13-6-11-41(23-30-9-4-3-5-10-30)12-7-14-43(16-8-15-42)25-34-20-29(2)18-32(38(34)49)22-40-36(47)27-45/h3-5,9-10,17-20,35-36,39-40,44-49H,6-8,11-16,21-27H2,1-2H3/t35-,36?/m1/s1. The van der Waals surface area contributed by atoms with Gasteiger partial charge in [-0.05, 0) is 77.9 Å². The zero-order valence-corrected chi connectivity index (χ0v) is 29.2. The number of aryl methyl sites for hydroxylation is 2. The average Bonchev–Trinajstić information content (AvgIpc) is 3.08. The van der Waals surface area contributed by atoms with Crippen molar-refractivity contribution in [3.05, 3.63) is 93.5 Å². The Kier molecular flexibility index (Phi) is 15.7. The van der Waals surface area contributed by atoms with Crippen LogP contribution in [0.1, 0.15) is 58.2 Å². The molecule has 1 aliphatic rings. The third-order valence-electron chi connectivity index (χ3n) is 9.11. The van der Waals surface area contributed by atoms with Gasteiger partial charge in [-0.25, -0.2) is 0 Å². The Labute approximate surface area is 291 Å². The van der Waals surface area contributed by atoms with E-state index < -0.39 is 25.7 Å². The van der Waals surface area contributed by atoms with Crippen molar-refractivity contribution < 1.29 is 30.6 Å². The van der Waals surface area contributed by atoms with Gasteiger partial charge in [0.25, 0.3) is 0 Å². The number of aliphatic hydroxyl groups excluding tert-OH is 4. The summed E-state index contributed by atoms with van der Waals surface area (Å²) >= 11 is 0. The van der Waals surface area contributed by atoms with Gasteiger partial charge in [-0.3, -0.25) is 25.3 Å². The molecule has 1 fully saturated rings. The highest BCUT2D eigenvalue weighted by Gasteiger charge is 2.19. The van der Waals surface area contributed by atoms with Crippen LogP contribution in [0.4, 0.5) is 0 Å². The van der Waals surface area contributed by atoms with Crippen LogP contribution in [0.15, 0.2) is 54.6 Å². The summed E-state index contributed by atoms with van der Waals surface area (Å²) < 4.78 is 0. The van der Waals surface area contributed by atoms with Crippen LogP contribution in [-0.4, -0.2) is 110 Å². The van der Waals surface area contributed by atoms with Crippen molar-refractivity contribution >= 4 is 0 Å². The van der Waals surface area contributed by atoms with Gasteiger partial charge in [-0.2, -0.15) is 0 Å². The van der Waals surface area contributed by atoms with E-state index in [1.807, 2.05) is 44.2 Å². The van der Waals surface area contributed by atoms with Crippen LogP contribution in [0.25, 0.3) is 0 Å². The van der Waals surface area contributed by atoms with Crippen LogP contribution in [-0.2, 0) is 32.7 Å². The van der Waals surface area contributed by atoms with E-state index in [-0.39, 0.29) is 24.6 Å². The molecule has 0 aromatic heterocycles. The maximum atomic E-state index is 11.2. The molecule has 4 rings (SSSR count). The maximum absolute atomic E-state index is 11.2. The molecule has 3 aromatic carbocycles. The minimum atomic E-state index is -1.05. The van der Waals surface area contributed by atoms with Crippen molar-refractivity contribution in [1.29, 1.82) is 0 Å². The highest BCUT2D eigenvalue weighted by molar-refractivity contribution is 5.44. The van der Waals surface area contributed by atoms with Gasteiger partial charge in [0.1, 0.15) is 24.0 Å². The van der Waals surface area contributed by atoms with Crippen molar-refractivity contribution in [2.75, 3.05) is 52.5 Å². The lowest BCUT2D eigenvalue weighted by molar-refractivity contribution is 0.0663. The molecule has 0 bridgehead atoms. The molecule has 1 unspecified atom stereocenters. The van der Waals surface area contributed by atoms with Crippen LogP contribution in [0.5, 0.6) is 11.5 Å². The summed E-state index contributed by atoms with van der Waals surface area (Å²) in [6.07, 6.45) is 0.813. The van der Waals surface area contributed by atoms with Crippen LogP contribution < -0.4 is 10.6 Å². The number of benzene rings is 3. The van der Waals surface area contributed by atoms with Crippen molar-refractivity contribution in [1.82, 2.24) is 25.3 Å². The van der Waals surface area contributed by atoms with Crippen LogP contribution >= 0.6 is 0 Å². The molecule has 11 nitrogen and oxygen atoms in total. The number of nitrogens with zero attached hydrogens (tertiary/aromatic N) is 3. The Morgan fingerprint density at radius 3 is 1.33 bits per heavy atom. The number of aromatic hydroxyl groups is 2. The molecule has 270 valence electrons. The van der Waals surface area contributed by atoms with Crippen molar-refractivity contribution in [2.24, 2.45) is 0 Å². The topological polar surface area (TPSA) is 155 Å². The number of phenols is 2. The van der Waals surface area contributed by atoms with E-state index >= 15 is 0 Å². The summed E-state index contributed by atoms with van der Waals surface area (Å²) in [4.78, 5) is 7.35. The van der Waals surface area contributed by atoms with Gasteiger partial charge in [0.05, 0.1) is 13.2 Å². The van der Waals surface area contributed by atoms with E-state index in [9.17, 15) is 30.6 Å². The smallest absolute Gasteiger partial charge is 0.128 e. The second-order valence-electron chi connectivity index (χ2n) is 13.4. The molecule has 8 N–H and O–H groups in total. The lowest BCUT2D eigenvalue weighted by Gasteiger charge is -2.31. The first-order valence-corrected chi connectivity index (χ1v) is 17.5. The van der Waals surface area contributed by atoms with Gasteiger partial charge in [-0.1, -0.05) is 65.7 Å². The van der Waals surface area contributed by atoms with E-state index in [0.717, 1.165) is 87.3 Å². The Hall–Kier alpha value is -3.10. The van der Waals surface area contributed by atoms with Gasteiger partial charge < -0.3 is 30.6 Å². The second kappa shape index (κ2) is 19.9. The van der Waals surface area contributed by atoms with Gasteiger partial charge >= 0.3 is 0 Å². The first kappa shape index (κ1) is 38.7. The minimum Gasteiger partial charge on any atom is -0.507 e. The van der Waals surface area contributed by atoms with Crippen molar-refractivity contribution in [3.8, 4) is 11.5 Å². The summed E-state index contributed by atoms with van der Waals surface area (Å²) in [6, 6.07) is 18.4. The second-order valence-corrected chi connectivity index (χ2v) is 13.4. The summed E-state index contributed by atoms with van der Waals surface area (Å²) in [6.45, 7) is 11.1. The number of hydrogen-bond donors (Lipinski definition) is 8. The summed E-state index contributed by atoms with van der Waals surface area (Å²) in [7, 11) is 0. The average molecular weight is 680 g/mol. The van der Waals surface area contributed by atoms with Crippen LogP contribution in [0.2, 0.25) is 0 Å². The molecule has 49 heavy (non-hydrogen) atoms. The number of aliphatic hydroxyl groups is 4. The minimum absolute atomic E-state index is 0.216. The fraction of sp³-hybridized carbons (Fsp3) is 0.526. The molecule has 1 heterocycles. The number of nitrogens with one attached hydrogen (secondary N) is 2. The molecule has 11 heteroatoms. The fourth-order valence-electron chi connectivity index (χ4n) is 6.65. The Balaban J connectivity index is 1.52. The van der Waals surface area contributed by atoms with E-state index in [4.69, 9.17) is 0 Å². The summed E-state index contributed by atoms with van der Waals surface area (Å²) in [5, 5.41) is 66.1. The molecule has 0 spiro atoms. The zero-order valence-electron chi connectivity index (χ0n) is 29.2. The van der Waals surface area contributed by atoms with E-state index in [1.165, 1.54) is 5.56 Å². The molecule has 1 aliphatic heterocycles. The first-order chi connectivity index (χ1) is 23.6. The number of rotatable bonds is 14. The fourth-order valence-corrected chi connectivity index (χ4v) is 6.65. The number of phenolic OH excluding ortho intramolecular Hbond substituents is 2. The van der Waals surface area contributed by atoms with E-state index in [1.54, 1.807) is 0 Å². The van der Waals surface area contributed by atoms with Gasteiger partial charge in [0.2, 0.25) is 0 Å². The molecular formula is C38H57N5O6. The monoisotopic (exact) mass is 679 g/mol. The highest BCUT2D eigenvalue weighted by atomic mass is 16.3. The van der Waals surface area contributed by atoms with Crippen LogP contribution in [0, 0.1) is 13.8 Å². The largest absolute Gasteiger partial charge is 0.507 e. The summed E-state index contributed by atoms with van der Waals surface area (Å²) in [5.41, 5.74) is 6.41. The Morgan fingerprint density at radius 1 is 0.571 bits per heavy atom. The lowest BCUT2D eigenvalue weighted by atomic mass is 10.0. The Bertz CT molecular complexity index is 1340. The Morgan fingerprint density at radius 2 is 0.939 bits per heavy atom. The molecule has 2 atom stereocenters. The molecule has 0 saturated carbocycles. The van der Waals surface area contributed by atoms with Gasteiger partial charge in [0.15, 0.2) is 0 Å². The molecule has 3 aromatic rings. The van der Waals surface area contributed by atoms with Crippen LogP contribution in [0.3, 0.4) is 0 Å². The highest BCUT2D eigenvalue weighted by Crippen LogP contribution is 2.28. The zero-order chi connectivity index (χ0) is 35.2. The molecule has 0 radical (unpaired) electrons. The molecule has 0 aliphatic carbocycles. The number of hydrogen-bond acceptors (Lipinski definition) is 11. The SMILES string of the molecule is Cc1cc(CNC(O)CO)c(O)c(CN2CCCN(Cc3ccccc3)CCCN(Cc3cc(C)cc(CN[C@H](O)CO)c3O)CCC2)c1. The van der Waals surface area contributed by atoms with Gasteiger partial charge in [0, 0.05) is 55.0 Å². The summed E-state index contributed by atoms with van der Waals surface area (Å²) in [5.74, 6) is 0.432. The first-order valence-electron chi connectivity index (χ1n) is 17.5. The van der Waals surface area contributed by atoms with Crippen molar-refractivity contribution in [2.45, 2.75) is 78.3 Å². The normalized spacial score (nSPS) is 17.3. The third-order valence-corrected chi connectivity index (χ3v) is 9.11. The lowest BCUT2D eigenvalue weighted by Crippen LogP contribution is -2.36. The van der Waals surface area contributed by atoms with E-state index in [0.29, 0.717) is 24.2 Å². The van der Waals surface area contributed by atoms with E-state index in [2.05, 4.69) is 49.6 Å². The predicted molar refractivity (Wildman–Crippen MR) is 192 cm³/mol. The molecule has 1 saturated heterocycles. The van der Waals surface area contributed by atoms with Gasteiger partial charge in [-0.15, -0.1) is 0 Å². The quantitative estimate of drug-likeness (QED) is 0.119. The third kappa shape index (κ3) is 12.6.